The van der Waals surface area contributed by atoms with Gasteiger partial charge in [-0.2, -0.15) is 0 Å². The van der Waals surface area contributed by atoms with Gasteiger partial charge in [-0.15, -0.1) is 0 Å². The van der Waals surface area contributed by atoms with Crippen LogP contribution in [-0.2, 0) is 4.74 Å². The topological polar surface area (TPSA) is 56.3 Å². The maximum absolute atomic E-state index is 11.7. The molecule has 1 aromatic heterocycles. The van der Waals surface area contributed by atoms with E-state index in [0.29, 0.717) is 37.4 Å². The molecule has 0 spiro atoms. The molecular formula is C14H9Cl2NO3S. The first-order valence-electron chi connectivity index (χ1n) is 5.72. The summed E-state index contributed by atoms with van der Waals surface area (Å²) in [4.78, 5) is 27.5. The first kappa shape index (κ1) is 15.8. The third-order valence-corrected chi connectivity index (χ3v) is 4.35. The molecule has 1 aromatic carbocycles. The highest BCUT2D eigenvalue weighted by Crippen LogP contribution is 2.37. The highest BCUT2D eigenvalue weighted by atomic mass is 35.5. The first-order chi connectivity index (χ1) is 10.1. The van der Waals surface area contributed by atoms with Crippen LogP contribution in [0.2, 0.25) is 10.0 Å². The second kappa shape index (κ2) is 6.93. The Balaban J connectivity index is 2.48. The molecular weight excluding hydrogens is 333 g/mol. The van der Waals surface area contributed by atoms with Gasteiger partial charge >= 0.3 is 5.97 Å². The lowest BCUT2D eigenvalue weighted by atomic mass is 10.2. The SMILES string of the molecule is COC(=O)c1cccnc1Sc1c(Cl)cc(Cl)cc1C=O. The number of methoxy groups -OCH3 is 1. The number of halogens is 2. The Morgan fingerprint density at radius 3 is 2.81 bits per heavy atom. The normalized spacial score (nSPS) is 10.2. The molecule has 0 bridgehead atoms. The van der Waals surface area contributed by atoms with Gasteiger partial charge in [0.25, 0.3) is 0 Å². The van der Waals surface area contributed by atoms with E-state index in [1.807, 2.05) is 0 Å². The molecule has 0 saturated heterocycles. The van der Waals surface area contributed by atoms with E-state index in [9.17, 15) is 9.59 Å². The summed E-state index contributed by atoms with van der Waals surface area (Å²) in [7, 11) is 1.29. The Morgan fingerprint density at radius 1 is 1.38 bits per heavy atom. The number of hydrogen-bond donors (Lipinski definition) is 0. The first-order valence-corrected chi connectivity index (χ1v) is 7.29. The maximum Gasteiger partial charge on any atom is 0.340 e. The fourth-order valence-corrected chi connectivity index (χ4v) is 3.18. The summed E-state index contributed by atoms with van der Waals surface area (Å²) >= 11 is 13.1. The molecule has 2 aromatic rings. The Bertz CT molecular complexity index is 707. The van der Waals surface area contributed by atoms with Crippen LogP contribution in [-0.4, -0.2) is 24.3 Å². The van der Waals surface area contributed by atoms with Crippen LogP contribution in [0.1, 0.15) is 20.7 Å². The second-order valence-corrected chi connectivity index (χ2v) is 5.72. The van der Waals surface area contributed by atoms with Gasteiger partial charge in [0.15, 0.2) is 6.29 Å². The van der Waals surface area contributed by atoms with Crippen LogP contribution in [0.3, 0.4) is 0 Å². The second-order valence-electron chi connectivity index (χ2n) is 3.87. The largest absolute Gasteiger partial charge is 0.465 e. The summed E-state index contributed by atoms with van der Waals surface area (Å²) in [5.74, 6) is -0.511. The summed E-state index contributed by atoms with van der Waals surface area (Å²) < 4.78 is 4.70. The van der Waals surface area contributed by atoms with Crippen LogP contribution in [0.5, 0.6) is 0 Å². The third kappa shape index (κ3) is 3.56. The highest BCUT2D eigenvalue weighted by Gasteiger charge is 2.17. The molecule has 0 aliphatic rings. The van der Waals surface area contributed by atoms with E-state index in [1.54, 1.807) is 18.3 Å². The number of aromatic nitrogens is 1. The average Bonchev–Trinajstić information content (AvgIpc) is 2.49. The molecule has 0 aliphatic heterocycles. The number of esters is 1. The van der Waals surface area contributed by atoms with Crippen LogP contribution < -0.4 is 0 Å². The number of nitrogens with zero attached hydrogens (tertiary/aromatic N) is 1. The van der Waals surface area contributed by atoms with Crippen LogP contribution in [0, 0.1) is 0 Å². The van der Waals surface area contributed by atoms with Crippen molar-refractivity contribution in [2.45, 2.75) is 9.92 Å². The van der Waals surface area contributed by atoms with Crippen LogP contribution in [0.25, 0.3) is 0 Å². The summed E-state index contributed by atoms with van der Waals surface area (Å²) in [6.07, 6.45) is 2.19. The smallest absolute Gasteiger partial charge is 0.340 e. The van der Waals surface area contributed by atoms with E-state index < -0.39 is 5.97 Å². The van der Waals surface area contributed by atoms with Crippen molar-refractivity contribution in [1.82, 2.24) is 4.98 Å². The molecule has 1 heterocycles. The van der Waals surface area contributed by atoms with E-state index in [2.05, 4.69) is 4.98 Å². The Labute approximate surface area is 135 Å². The molecule has 4 nitrogen and oxygen atoms in total. The molecule has 0 unspecified atom stereocenters. The fourth-order valence-electron chi connectivity index (χ4n) is 1.61. The van der Waals surface area contributed by atoms with E-state index in [0.717, 1.165) is 11.8 Å². The molecule has 21 heavy (non-hydrogen) atoms. The van der Waals surface area contributed by atoms with Crippen molar-refractivity contribution in [3.8, 4) is 0 Å². The molecule has 0 radical (unpaired) electrons. The van der Waals surface area contributed by atoms with Crippen LogP contribution in [0.15, 0.2) is 40.4 Å². The maximum atomic E-state index is 11.7. The summed E-state index contributed by atoms with van der Waals surface area (Å²) in [5.41, 5.74) is 0.631. The zero-order valence-electron chi connectivity index (χ0n) is 10.8. The lowest BCUT2D eigenvalue weighted by molar-refractivity contribution is 0.0595. The van der Waals surface area contributed by atoms with Crippen molar-refractivity contribution >= 4 is 47.2 Å². The molecule has 0 saturated carbocycles. The van der Waals surface area contributed by atoms with E-state index in [4.69, 9.17) is 27.9 Å². The predicted molar refractivity (Wildman–Crippen MR) is 81.5 cm³/mol. The van der Waals surface area contributed by atoms with Gasteiger partial charge < -0.3 is 4.74 Å². The molecule has 2 rings (SSSR count). The number of aldehydes is 1. The molecule has 0 fully saturated rings. The number of rotatable bonds is 4. The molecule has 0 atom stereocenters. The number of hydrogen-bond acceptors (Lipinski definition) is 5. The average molecular weight is 342 g/mol. The zero-order valence-corrected chi connectivity index (χ0v) is 13.1. The third-order valence-electron chi connectivity index (χ3n) is 2.54. The molecule has 0 aliphatic carbocycles. The van der Waals surface area contributed by atoms with Crippen molar-refractivity contribution in [3.63, 3.8) is 0 Å². The highest BCUT2D eigenvalue weighted by molar-refractivity contribution is 7.99. The molecule has 0 amide bonds. The minimum Gasteiger partial charge on any atom is -0.465 e. The number of carbonyl (C=O) groups is 2. The van der Waals surface area contributed by atoms with Gasteiger partial charge in [0, 0.05) is 21.7 Å². The summed E-state index contributed by atoms with van der Waals surface area (Å²) in [5, 5.41) is 1.08. The lowest BCUT2D eigenvalue weighted by Gasteiger charge is -2.10. The minimum absolute atomic E-state index is 0.299. The van der Waals surface area contributed by atoms with Crippen LogP contribution in [0.4, 0.5) is 0 Å². The van der Waals surface area contributed by atoms with Crippen molar-refractivity contribution in [2.24, 2.45) is 0 Å². The Kier molecular flexibility index (Phi) is 5.22. The number of benzene rings is 1. The van der Waals surface area contributed by atoms with Gasteiger partial charge in [-0.3, -0.25) is 4.79 Å². The van der Waals surface area contributed by atoms with Crippen LogP contribution >= 0.6 is 35.0 Å². The van der Waals surface area contributed by atoms with Gasteiger partial charge in [-0.05, 0) is 24.3 Å². The van der Waals surface area contributed by atoms with E-state index in [1.165, 1.54) is 19.2 Å². The van der Waals surface area contributed by atoms with Gasteiger partial charge in [0.05, 0.1) is 17.7 Å². The zero-order chi connectivity index (χ0) is 15.4. The van der Waals surface area contributed by atoms with Crippen molar-refractivity contribution in [3.05, 3.63) is 51.6 Å². The number of ether oxygens (including phenoxy) is 1. The Morgan fingerprint density at radius 2 is 2.14 bits per heavy atom. The fraction of sp³-hybridized carbons (Fsp3) is 0.0714. The predicted octanol–water partition coefficient (Wildman–Crippen LogP) is 4.14. The van der Waals surface area contributed by atoms with Crippen molar-refractivity contribution < 1.29 is 14.3 Å². The van der Waals surface area contributed by atoms with Gasteiger partial charge in [-0.1, -0.05) is 35.0 Å². The number of pyridine rings is 1. The molecule has 108 valence electrons. The van der Waals surface area contributed by atoms with Gasteiger partial charge in [0.2, 0.25) is 0 Å². The quantitative estimate of drug-likeness (QED) is 0.617. The Hall–Kier alpha value is -1.56. The molecule has 7 heteroatoms. The standard InChI is InChI=1S/C14H9Cl2NO3S/c1-20-14(19)10-3-2-4-17-13(10)21-12-8(7-18)5-9(15)6-11(12)16/h2-7H,1H3. The summed E-state index contributed by atoms with van der Waals surface area (Å²) in [6, 6.07) is 6.24. The minimum atomic E-state index is -0.511. The van der Waals surface area contributed by atoms with E-state index >= 15 is 0 Å². The van der Waals surface area contributed by atoms with E-state index in [-0.39, 0.29) is 0 Å². The lowest BCUT2D eigenvalue weighted by Crippen LogP contribution is -2.04. The van der Waals surface area contributed by atoms with Crippen molar-refractivity contribution in [1.29, 1.82) is 0 Å². The van der Waals surface area contributed by atoms with Gasteiger partial charge in [-0.25, -0.2) is 9.78 Å². The van der Waals surface area contributed by atoms with Gasteiger partial charge in [0.1, 0.15) is 5.03 Å². The monoisotopic (exact) mass is 341 g/mol. The number of carbonyl (C=O) groups excluding carboxylic acids is 2. The molecule has 0 N–H and O–H groups in total. The van der Waals surface area contributed by atoms with Crippen molar-refractivity contribution in [2.75, 3.05) is 7.11 Å². The summed E-state index contributed by atoms with van der Waals surface area (Å²) in [6.45, 7) is 0.